The molecule has 1 aromatic carbocycles. The van der Waals surface area contributed by atoms with Crippen molar-refractivity contribution in [2.45, 2.75) is 30.4 Å². The number of benzene rings is 1. The minimum absolute atomic E-state index is 0.170. The van der Waals surface area contributed by atoms with Gasteiger partial charge in [-0.1, -0.05) is 60.1 Å². The molecule has 0 aliphatic rings. The fourth-order valence-corrected chi connectivity index (χ4v) is 3.89. The number of nitrogens with zero attached hydrogens (tertiary/aromatic N) is 2. The van der Waals surface area contributed by atoms with Gasteiger partial charge in [-0.2, -0.15) is 0 Å². The smallest absolute Gasteiger partial charge is 0.237 e. The Morgan fingerprint density at radius 2 is 2.04 bits per heavy atom. The summed E-state index contributed by atoms with van der Waals surface area (Å²) in [6.45, 7) is 6.89. The Bertz CT molecular complexity index is 709. The van der Waals surface area contributed by atoms with E-state index in [1.165, 1.54) is 23.1 Å². The molecule has 9 heteroatoms. The fraction of sp³-hybridized carbons (Fsp3) is 0.400. The van der Waals surface area contributed by atoms with Crippen LogP contribution in [0.4, 0.5) is 10.8 Å². The molecule has 1 unspecified atom stereocenters. The third kappa shape index (κ3) is 5.81. The monoisotopic (exact) mass is 404 g/mol. The number of hydrogen-bond acceptors (Lipinski definition) is 6. The van der Waals surface area contributed by atoms with Crippen LogP contribution in [0.5, 0.6) is 0 Å². The van der Waals surface area contributed by atoms with Crippen LogP contribution < -0.4 is 10.6 Å². The Kier molecular flexibility index (Phi) is 7.16. The third-order valence-electron chi connectivity index (χ3n) is 2.90. The molecule has 2 aromatic rings. The first kappa shape index (κ1) is 19.3. The summed E-state index contributed by atoms with van der Waals surface area (Å²) >= 11 is 14.8. The van der Waals surface area contributed by atoms with Gasteiger partial charge in [0.2, 0.25) is 11.0 Å². The largest absolute Gasteiger partial charge is 0.360 e. The van der Waals surface area contributed by atoms with Gasteiger partial charge in [-0.3, -0.25) is 4.79 Å². The molecular weight excluding hydrogens is 387 g/mol. The van der Waals surface area contributed by atoms with E-state index in [0.717, 1.165) is 16.0 Å². The summed E-state index contributed by atoms with van der Waals surface area (Å²) in [6.07, 6.45) is 0. The first-order chi connectivity index (χ1) is 11.3. The summed E-state index contributed by atoms with van der Waals surface area (Å²) in [7, 11) is 0. The number of carbonyl (C=O) groups is 1. The van der Waals surface area contributed by atoms with Gasteiger partial charge in [-0.25, -0.2) is 0 Å². The molecule has 0 spiro atoms. The Morgan fingerprint density at radius 1 is 1.29 bits per heavy atom. The lowest BCUT2D eigenvalue weighted by molar-refractivity contribution is -0.115. The van der Waals surface area contributed by atoms with Crippen molar-refractivity contribution in [3.05, 3.63) is 28.2 Å². The molecule has 1 aromatic heterocycles. The highest BCUT2D eigenvalue weighted by atomic mass is 35.5. The molecule has 0 aliphatic heterocycles. The third-order valence-corrected chi connectivity index (χ3v) is 5.53. The van der Waals surface area contributed by atoms with E-state index < -0.39 is 0 Å². The van der Waals surface area contributed by atoms with Crippen molar-refractivity contribution in [1.82, 2.24) is 10.2 Å². The van der Waals surface area contributed by atoms with E-state index in [1.807, 2.05) is 0 Å². The van der Waals surface area contributed by atoms with E-state index in [-0.39, 0.29) is 11.2 Å². The number of thioether (sulfide) groups is 1. The van der Waals surface area contributed by atoms with E-state index in [9.17, 15) is 4.79 Å². The zero-order valence-corrected chi connectivity index (χ0v) is 16.6. The maximum atomic E-state index is 12.3. The van der Waals surface area contributed by atoms with Crippen LogP contribution in [0.15, 0.2) is 22.5 Å². The number of aromatic nitrogens is 2. The molecule has 130 valence electrons. The van der Waals surface area contributed by atoms with Gasteiger partial charge < -0.3 is 10.6 Å². The maximum Gasteiger partial charge on any atom is 0.237 e. The van der Waals surface area contributed by atoms with Crippen LogP contribution in [-0.4, -0.2) is 27.9 Å². The molecule has 2 N–H and O–H groups in total. The molecular formula is C15H18Cl2N4OS2. The van der Waals surface area contributed by atoms with Crippen LogP contribution >= 0.6 is 46.3 Å². The zero-order chi connectivity index (χ0) is 17.7. The van der Waals surface area contributed by atoms with Crippen LogP contribution in [0.2, 0.25) is 10.0 Å². The van der Waals surface area contributed by atoms with Gasteiger partial charge in [0.05, 0.1) is 16.0 Å². The second-order valence-corrected chi connectivity index (χ2v) is 8.93. The summed E-state index contributed by atoms with van der Waals surface area (Å²) in [5.41, 5.74) is 0.498. The van der Waals surface area contributed by atoms with E-state index in [4.69, 9.17) is 23.2 Å². The molecule has 0 fully saturated rings. The van der Waals surface area contributed by atoms with Crippen LogP contribution in [0.1, 0.15) is 20.8 Å². The second-order valence-electron chi connectivity index (χ2n) is 5.52. The van der Waals surface area contributed by atoms with Gasteiger partial charge >= 0.3 is 0 Å². The molecule has 1 amide bonds. The highest BCUT2D eigenvalue weighted by Crippen LogP contribution is 2.31. The average molecular weight is 405 g/mol. The summed E-state index contributed by atoms with van der Waals surface area (Å²) < 4.78 is 0.737. The number of anilines is 2. The SMILES string of the molecule is CC(C)CNc1nnc(SC(C)C(=O)Nc2cc(Cl)ccc2Cl)s1. The van der Waals surface area contributed by atoms with Crippen molar-refractivity contribution >= 4 is 63.0 Å². The molecule has 0 saturated carbocycles. The highest BCUT2D eigenvalue weighted by Gasteiger charge is 2.18. The predicted octanol–water partition coefficient (Wildman–Crippen LogP) is 5.03. The predicted molar refractivity (Wildman–Crippen MR) is 104 cm³/mol. The molecule has 0 aliphatic carbocycles. The fourth-order valence-electron chi connectivity index (χ4n) is 1.65. The topological polar surface area (TPSA) is 66.9 Å². The molecule has 0 saturated heterocycles. The average Bonchev–Trinajstić information content (AvgIpc) is 2.96. The number of rotatable bonds is 7. The lowest BCUT2D eigenvalue weighted by atomic mass is 10.2. The van der Waals surface area contributed by atoms with Crippen LogP contribution in [0, 0.1) is 5.92 Å². The summed E-state index contributed by atoms with van der Waals surface area (Å²) in [4.78, 5) is 12.3. The molecule has 1 atom stereocenters. The number of halogens is 2. The Morgan fingerprint density at radius 3 is 2.75 bits per heavy atom. The van der Waals surface area contributed by atoms with Crippen LogP contribution in [-0.2, 0) is 4.79 Å². The van der Waals surface area contributed by atoms with Crippen molar-refractivity contribution in [2.75, 3.05) is 17.2 Å². The van der Waals surface area contributed by atoms with Gasteiger partial charge in [-0.05, 0) is 31.0 Å². The second kappa shape index (κ2) is 8.89. The van der Waals surface area contributed by atoms with Crippen molar-refractivity contribution in [3.8, 4) is 0 Å². The lowest BCUT2D eigenvalue weighted by Crippen LogP contribution is -2.22. The number of amides is 1. The van der Waals surface area contributed by atoms with E-state index in [2.05, 4.69) is 34.7 Å². The number of nitrogens with one attached hydrogen (secondary N) is 2. The normalized spacial score (nSPS) is 12.2. The van der Waals surface area contributed by atoms with E-state index >= 15 is 0 Å². The summed E-state index contributed by atoms with van der Waals surface area (Å²) in [5, 5.41) is 15.6. The van der Waals surface area contributed by atoms with Crippen molar-refractivity contribution < 1.29 is 4.79 Å². The molecule has 5 nitrogen and oxygen atoms in total. The van der Waals surface area contributed by atoms with E-state index in [1.54, 1.807) is 25.1 Å². The summed E-state index contributed by atoms with van der Waals surface area (Å²) in [5.74, 6) is 0.355. The Balaban J connectivity index is 1.93. The quantitative estimate of drug-likeness (QED) is 0.633. The Labute approximate surface area is 159 Å². The minimum atomic E-state index is -0.342. The molecule has 24 heavy (non-hydrogen) atoms. The van der Waals surface area contributed by atoms with Crippen molar-refractivity contribution in [2.24, 2.45) is 5.92 Å². The van der Waals surface area contributed by atoms with Crippen molar-refractivity contribution in [3.63, 3.8) is 0 Å². The molecule has 2 rings (SSSR count). The van der Waals surface area contributed by atoms with Gasteiger partial charge in [-0.15, -0.1) is 10.2 Å². The van der Waals surface area contributed by atoms with Crippen LogP contribution in [0.3, 0.4) is 0 Å². The highest BCUT2D eigenvalue weighted by molar-refractivity contribution is 8.02. The number of carbonyl (C=O) groups excluding carboxylic acids is 1. The van der Waals surface area contributed by atoms with Gasteiger partial charge in [0.15, 0.2) is 4.34 Å². The molecule has 0 bridgehead atoms. The zero-order valence-electron chi connectivity index (χ0n) is 13.5. The van der Waals surface area contributed by atoms with Gasteiger partial charge in [0.25, 0.3) is 0 Å². The Hall–Kier alpha value is -1.02. The lowest BCUT2D eigenvalue weighted by Gasteiger charge is -2.11. The maximum absolute atomic E-state index is 12.3. The van der Waals surface area contributed by atoms with Crippen molar-refractivity contribution in [1.29, 1.82) is 0 Å². The molecule has 0 radical (unpaired) electrons. The van der Waals surface area contributed by atoms with Gasteiger partial charge in [0, 0.05) is 11.6 Å². The van der Waals surface area contributed by atoms with Crippen LogP contribution in [0.25, 0.3) is 0 Å². The standard InChI is InChI=1S/C15H18Cl2N4OS2/c1-8(2)7-18-14-20-21-15(24-14)23-9(3)13(22)19-12-6-10(16)4-5-11(12)17/h4-6,8-9H,7H2,1-3H3,(H,18,20)(H,19,22). The number of hydrogen-bond donors (Lipinski definition) is 2. The first-order valence-electron chi connectivity index (χ1n) is 7.35. The van der Waals surface area contributed by atoms with Gasteiger partial charge in [0.1, 0.15) is 0 Å². The first-order valence-corrected chi connectivity index (χ1v) is 9.80. The minimum Gasteiger partial charge on any atom is -0.360 e. The molecule has 1 heterocycles. The summed E-state index contributed by atoms with van der Waals surface area (Å²) in [6, 6.07) is 4.94. The van der Waals surface area contributed by atoms with E-state index in [0.29, 0.717) is 21.7 Å².